The van der Waals surface area contributed by atoms with Crippen molar-refractivity contribution < 1.29 is 19.1 Å². The van der Waals surface area contributed by atoms with Gasteiger partial charge in [-0.25, -0.2) is 0 Å². The summed E-state index contributed by atoms with van der Waals surface area (Å²) in [4.78, 5) is 24.1. The molecular weight excluding hydrogens is 849 g/mol. The topological polar surface area (TPSA) is 52.6 Å². The number of carbonyl (C=O) groups excluding carboxylic acids is 2. The molecule has 0 radical (unpaired) electrons. The van der Waals surface area contributed by atoms with Crippen LogP contribution in [0, 0.1) is 47.4 Å². The number of ether oxygens (including phenoxy) is 2. The zero-order chi connectivity index (χ0) is 47.6. The molecule has 6 heteroatoms. The first kappa shape index (κ1) is 63.9. The van der Waals surface area contributed by atoms with Crippen LogP contribution >= 0.6 is 21.6 Å². The normalized spacial score (nSPS) is 10.5. The van der Waals surface area contributed by atoms with E-state index in [2.05, 4.69) is 61.2 Å². The second-order valence-corrected chi connectivity index (χ2v) is 21.2. The van der Waals surface area contributed by atoms with Crippen molar-refractivity contribution in [1.29, 1.82) is 0 Å². The summed E-state index contributed by atoms with van der Waals surface area (Å²) in [5.41, 5.74) is 0. The standard InChI is InChI=1S/C60H102O4S2/c1-3-5-7-9-11-13-15-17-19-21-23-25-27-29-31-33-35-37-39-41-43-45-47-49-51-53-59(61)63-55-57-65-66-58-56-64-60(62)54-52-50-48-46-44-42-40-38-36-34-32-30-28-26-24-22-20-18-16-14-12-10-8-6-4-2/h3-28,37-58H2,1-2H3. The molecule has 0 aliphatic heterocycles. The zero-order valence-corrected chi connectivity index (χ0v) is 45.0. The van der Waals surface area contributed by atoms with Crippen molar-refractivity contribution in [2.75, 3.05) is 24.7 Å². The van der Waals surface area contributed by atoms with Gasteiger partial charge in [-0.1, -0.05) is 265 Å². The van der Waals surface area contributed by atoms with Gasteiger partial charge in [0.25, 0.3) is 0 Å². The van der Waals surface area contributed by atoms with Gasteiger partial charge in [0.2, 0.25) is 0 Å². The Morgan fingerprint density at radius 2 is 0.515 bits per heavy atom. The lowest BCUT2D eigenvalue weighted by Crippen LogP contribution is -2.08. The third kappa shape index (κ3) is 58.0. The largest absolute Gasteiger partial charge is 0.465 e. The monoisotopic (exact) mass is 951 g/mol. The van der Waals surface area contributed by atoms with E-state index in [1.165, 1.54) is 205 Å². The molecule has 0 saturated heterocycles. The lowest BCUT2D eigenvalue weighted by Gasteiger charge is -2.06. The minimum atomic E-state index is -0.0910. The Morgan fingerprint density at radius 3 is 0.758 bits per heavy atom. The molecular formula is C60H102O4S2. The Balaban J connectivity index is 3.37. The molecule has 0 aromatic rings. The molecule has 0 aliphatic rings. The lowest BCUT2D eigenvalue weighted by molar-refractivity contribution is -0.144. The Morgan fingerprint density at radius 1 is 0.303 bits per heavy atom. The van der Waals surface area contributed by atoms with E-state index in [1.807, 2.05) is 0 Å². The summed E-state index contributed by atoms with van der Waals surface area (Å²) >= 11 is 0. The molecule has 0 N–H and O–H groups in total. The smallest absolute Gasteiger partial charge is 0.305 e. The van der Waals surface area contributed by atoms with Crippen LogP contribution in [0.2, 0.25) is 0 Å². The average Bonchev–Trinajstić information content (AvgIpc) is 3.32. The molecule has 378 valence electrons. The summed E-state index contributed by atoms with van der Waals surface area (Å²) in [5.74, 6) is 26.4. The number of esters is 2. The maximum absolute atomic E-state index is 12.1. The molecule has 0 aromatic heterocycles. The SMILES string of the molecule is CCCCCCCCCCCCCCC#CC#CCCCCCCCCCC(=O)OCCSSCCOC(=O)CCCCCCCCCC#CC#CCCCCCCCCCCCCCC. The Bertz CT molecular complexity index is 1200. The van der Waals surface area contributed by atoms with Crippen LogP contribution in [0.15, 0.2) is 0 Å². The van der Waals surface area contributed by atoms with Crippen molar-refractivity contribution in [2.45, 2.75) is 296 Å². The first-order valence-corrected chi connectivity index (χ1v) is 30.7. The first-order chi connectivity index (χ1) is 32.7. The fourth-order valence-corrected chi connectivity index (χ4v) is 9.56. The van der Waals surface area contributed by atoms with Gasteiger partial charge in [0, 0.05) is 50.0 Å². The molecule has 0 spiro atoms. The molecule has 0 fully saturated rings. The third-order valence-corrected chi connectivity index (χ3v) is 14.4. The maximum atomic E-state index is 12.1. The predicted octanol–water partition coefficient (Wildman–Crippen LogP) is 18.7. The molecule has 0 saturated carbocycles. The van der Waals surface area contributed by atoms with Gasteiger partial charge in [0.15, 0.2) is 0 Å². The highest BCUT2D eigenvalue weighted by Crippen LogP contribution is 2.21. The summed E-state index contributed by atoms with van der Waals surface area (Å²) in [6, 6.07) is 0. The number of unbranched alkanes of at least 4 members (excludes halogenated alkanes) is 38. The van der Waals surface area contributed by atoms with Gasteiger partial charge in [-0.05, 0) is 62.2 Å². The molecule has 0 heterocycles. The fourth-order valence-electron chi connectivity index (χ4n) is 7.91. The number of carbonyl (C=O) groups is 2. The summed E-state index contributed by atoms with van der Waals surface area (Å²) in [6.07, 6.45) is 53.9. The van der Waals surface area contributed by atoms with E-state index in [0.717, 1.165) is 75.7 Å². The van der Waals surface area contributed by atoms with Gasteiger partial charge >= 0.3 is 11.9 Å². The molecule has 0 unspecified atom stereocenters. The van der Waals surface area contributed by atoms with Crippen LogP contribution < -0.4 is 0 Å². The lowest BCUT2D eigenvalue weighted by atomic mass is 10.0. The summed E-state index contributed by atoms with van der Waals surface area (Å²) < 4.78 is 10.8. The van der Waals surface area contributed by atoms with Crippen molar-refractivity contribution in [3.8, 4) is 47.4 Å². The molecule has 4 nitrogen and oxygen atoms in total. The van der Waals surface area contributed by atoms with Crippen LogP contribution in [0.4, 0.5) is 0 Å². The Kier molecular flexibility index (Phi) is 57.1. The van der Waals surface area contributed by atoms with Crippen molar-refractivity contribution in [1.82, 2.24) is 0 Å². The second kappa shape index (κ2) is 59.0. The second-order valence-electron chi connectivity index (χ2n) is 18.5. The molecule has 66 heavy (non-hydrogen) atoms. The predicted molar refractivity (Wildman–Crippen MR) is 292 cm³/mol. The van der Waals surface area contributed by atoms with Gasteiger partial charge in [0.1, 0.15) is 13.2 Å². The summed E-state index contributed by atoms with van der Waals surface area (Å²) in [6.45, 7) is 5.44. The van der Waals surface area contributed by atoms with E-state index in [-0.39, 0.29) is 11.9 Å². The minimum absolute atomic E-state index is 0.0910. The van der Waals surface area contributed by atoms with Crippen molar-refractivity contribution in [3.63, 3.8) is 0 Å². The van der Waals surface area contributed by atoms with Crippen LogP contribution in [-0.2, 0) is 19.1 Å². The molecule has 0 aliphatic carbocycles. The molecule has 0 rings (SSSR count). The van der Waals surface area contributed by atoms with Crippen molar-refractivity contribution in [3.05, 3.63) is 0 Å². The van der Waals surface area contributed by atoms with E-state index < -0.39 is 0 Å². The number of hydrogen-bond donors (Lipinski definition) is 0. The quantitative estimate of drug-likeness (QED) is 0.0262. The van der Waals surface area contributed by atoms with Gasteiger partial charge in [0.05, 0.1) is 0 Å². The van der Waals surface area contributed by atoms with Crippen molar-refractivity contribution in [2.24, 2.45) is 0 Å². The third-order valence-electron chi connectivity index (χ3n) is 12.1. The van der Waals surface area contributed by atoms with Crippen LogP contribution in [0.1, 0.15) is 296 Å². The molecule has 0 amide bonds. The maximum Gasteiger partial charge on any atom is 0.305 e. The van der Waals surface area contributed by atoms with Crippen LogP contribution in [-0.4, -0.2) is 36.7 Å². The van der Waals surface area contributed by atoms with E-state index >= 15 is 0 Å². The van der Waals surface area contributed by atoms with Crippen molar-refractivity contribution >= 4 is 33.5 Å². The molecule has 0 atom stereocenters. The molecule has 0 bridgehead atoms. The fraction of sp³-hybridized carbons (Fsp3) is 0.833. The van der Waals surface area contributed by atoms with E-state index in [1.54, 1.807) is 21.6 Å². The highest BCUT2D eigenvalue weighted by molar-refractivity contribution is 8.76. The highest BCUT2D eigenvalue weighted by atomic mass is 33.1. The minimum Gasteiger partial charge on any atom is -0.465 e. The first-order valence-electron chi connectivity index (χ1n) is 28.2. The molecule has 0 aromatic carbocycles. The van der Waals surface area contributed by atoms with Crippen LogP contribution in [0.5, 0.6) is 0 Å². The van der Waals surface area contributed by atoms with Gasteiger partial charge in [-0.2, -0.15) is 0 Å². The van der Waals surface area contributed by atoms with Gasteiger partial charge in [-0.15, -0.1) is 0 Å². The summed E-state index contributed by atoms with van der Waals surface area (Å²) in [5, 5.41) is 0. The van der Waals surface area contributed by atoms with E-state index in [4.69, 9.17) is 9.47 Å². The van der Waals surface area contributed by atoms with Gasteiger partial charge < -0.3 is 9.47 Å². The zero-order valence-electron chi connectivity index (χ0n) is 43.4. The Hall–Kier alpha value is -2.12. The Labute approximate surface area is 418 Å². The number of rotatable bonds is 49. The highest BCUT2D eigenvalue weighted by Gasteiger charge is 2.05. The van der Waals surface area contributed by atoms with Gasteiger partial charge in [-0.3, -0.25) is 9.59 Å². The van der Waals surface area contributed by atoms with Crippen LogP contribution in [0.25, 0.3) is 0 Å². The average molecular weight is 952 g/mol. The van der Waals surface area contributed by atoms with E-state index in [9.17, 15) is 9.59 Å². The van der Waals surface area contributed by atoms with E-state index in [0.29, 0.717) is 26.1 Å². The van der Waals surface area contributed by atoms with Crippen LogP contribution in [0.3, 0.4) is 0 Å². The number of hydrogen-bond acceptors (Lipinski definition) is 6. The summed E-state index contributed by atoms with van der Waals surface area (Å²) in [7, 11) is 3.33.